The molecule has 0 N–H and O–H groups in total. The van der Waals surface area contributed by atoms with Crippen molar-refractivity contribution in [1.29, 1.82) is 0 Å². The van der Waals surface area contributed by atoms with E-state index in [0.29, 0.717) is 26.2 Å². The minimum Gasteiger partial charge on any atom is -0.444 e. The predicted molar refractivity (Wildman–Crippen MR) is 126 cm³/mol. The van der Waals surface area contributed by atoms with E-state index in [-0.39, 0.29) is 11.4 Å². The summed E-state index contributed by atoms with van der Waals surface area (Å²) in [5.74, 6) is 0.922. The van der Waals surface area contributed by atoms with Gasteiger partial charge in [0.25, 0.3) is 0 Å². The van der Waals surface area contributed by atoms with Crippen LogP contribution in [0.5, 0.6) is 0 Å². The molecule has 0 unspecified atom stereocenters. The zero-order valence-corrected chi connectivity index (χ0v) is 19.9. The molecule has 4 rings (SSSR count). The lowest BCUT2D eigenvalue weighted by Gasteiger charge is -2.37. The van der Waals surface area contributed by atoms with Crippen LogP contribution in [0.3, 0.4) is 0 Å². The third-order valence-electron chi connectivity index (χ3n) is 5.80. The zero-order chi connectivity index (χ0) is 22.7. The maximum Gasteiger partial charge on any atom is 0.410 e. The van der Waals surface area contributed by atoms with Gasteiger partial charge < -0.3 is 14.5 Å². The molecule has 2 aromatic rings. The Bertz CT molecular complexity index is 939. The van der Waals surface area contributed by atoms with Gasteiger partial charge in [0.15, 0.2) is 0 Å². The van der Waals surface area contributed by atoms with Crippen LogP contribution in [0.15, 0.2) is 30.3 Å². The Balaban J connectivity index is 1.47. The van der Waals surface area contributed by atoms with Gasteiger partial charge in [-0.25, -0.2) is 14.8 Å². The van der Waals surface area contributed by atoms with Gasteiger partial charge in [0.1, 0.15) is 11.4 Å². The fraction of sp³-hybridized carbons (Fsp3) is 0.542. The van der Waals surface area contributed by atoms with Gasteiger partial charge in [-0.2, -0.15) is 0 Å². The molecule has 0 bridgehead atoms. The topological polar surface area (TPSA) is 61.8 Å². The van der Waals surface area contributed by atoms with Crippen LogP contribution in [0.2, 0.25) is 5.28 Å². The molecule has 0 atom stereocenters. The summed E-state index contributed by atoms with van der Waals surface area (Å²) in [6.07, 6.45) is 1.73. The quantitative estimate of drug-likeness (QED) is 0.645. The number of piperazine rings is 1. The largest absolute Gasteiger partial charge is 0.444 e. The average Bonchev–Trinajstić information content (AvgIpc) is 2.94. The second kappa shape index (κ2) is 9.63. The van der Waals surface area contributed by atoms with Crippen LogP contribution in [-0.2, 0) is 24.2 Å². The van der Waals surface area contributed by atoms with E-state index in [1.54, 1.807) is 4.90 Å². The van der Waals surface area contributed by atoms with Crippen LogP contribution >= 0.6 is 11.6 Å². The summed E-state index contributed by atoms with van der Waals surface area (Å²) >= 11 is 6.36. The van der Waals surface area contributed by atoms with E-state index in [0.717, 1.165) is 44.0 Å². The number of rotatable bonds is 3. The number of ether oxygens (including phenoxy) is 1. The van der Waals surface area contributed by atoms with Crippen LogP contribution in [0.4, 0.5) is 10.6 Å². The highest BCUT2D eigenvalue weighted by molar-refractivity contribution is 6.28. The summed E-state index contributed by atoms with van der Waals surface area (Å²) in [5, 5.41) is 0.287. The van der Waals surface area contributed by atoms with E-state index in [1.807, 2.05) is 26.8 Å². The number of aromatic nitrogens is 2. The first-order valence-electron chi connectivity index (χ1n) is 11.3. The second-order valence-corrected chi connectivity index (χ2v) is 9.83. The van der Waals surface area contributed by atoms with Crippen molar-refractivity contribution in [1.82, 2.24) is 19.8 Å². The lowest BCUT2D eigenvalue weighted by molar-refractivity contribution is 0.0240. The third-order valence-corrected chi connectivity index (χ3v) is 5.97. The Morgan fingerprint density at radius 1 is 1.06 bits per heavy atom. The van der Waals surface area contributed by atoms with Crippen molar-refractivity contribution in [2.45, 2.75) is 52.3 Å². The van der Waals surface area contributed by atoms with Gasteiger partial charge in [-0.15, -0.1) is 0 Å². The number of carbonyl (C=O) groups excluding carboxylic acids is 1. The molecule has 2 aliphatic heterocycles. The first-order chi connectivity index (χ1) is 15.3. The van der Waals surface area contributed by atoms with Crippen molar-refractivity contribution in [3.05, 3.63) is 52.4 Å². The van der Waals surface area contributed by atoms with Gasteiger partial charge in [0.2, 0.25) is 5.28 Å². The minimum atomic E-state index is -0.489. The SMILES string of the molecule is CC(C)(C)OC(=O)N1CCN(c2nc(Cl)nc3c2CCCN(Cc2ccccc2)C3)CC1. The van der Waals surface area contributed by atoms with E-state index in [9.17, 15) is 4.79 Å². The molecule has 32 heavy (non-hydrogen) atoms. The van der Waals surface area contributed by atoms with Crippen LogP contribution < -0.4 is 4.90 Å². The molecule has 1 saturated heterocycles. The predicted octanol–water partition coefficient (Wildman–Crippen LogP) is 4.14. The number of benzene rings is 1. The number of hydrogen-bond donors (Lipinski definition) is 0. The smallest absolute Gasteiger partial charge is 0.410 e. The van der Waals surface area contributed by atoms with Crippen molar-refractivity contribution >= 4 is 23.5 Å². The number of hydrogen-bond acceptors (Lipinski definition) is 6. The summed E-state index contributed by atoms with van der Waals surface area (Å²) in [6, 6.07) is 10.5. The lowest BCUT2D eigenvalue weighted by atomic mass is 10.1. The molecule has 3 heterocycles. The molecule has 0 radical (unpaired) electrons. The Hall–Kier alpha value is -2.38. The van der Waals surface area contributed by atoms with Crippen LogP contribution in [0, 0.1) is 0 Å². The van der Waals surface area contributed by atoms with E-state index in [4.69, 9.17) is 16.3 Å². The van der Waals surface area contributed by atoms with Gasteiger partial charge in [-0.05, 0) is 57.3 Å². The van der Waals surface area contributed by atoms with Crippen LogP contribution in [-0.4, -0.2) is 64.2 Å². The van der Waals surface area contributed by atoms with Gasteiger partial charge >= 0.3 is 6.09 Å². The number of fused-ring (bicyclic) bond motifs is 1. The highest BCUT2D eigenvalue weighted by atomic mass is 35.5. The van der Waals surface area contributed by atoms with Gasteiger partial charge in [0.05, 0.1) is 5.69 Å². The number of nitrogens with zero attached hydrogens (tertiary/aromatic N) is 5. The van der Waals surface area contributed by atoms with Crippen molar-refractivity contribution < 1.29 is 9.53 Å². The van der Waals surface area contributed by atoms with E-state index < -0.39 is 5.60 Å². The highest BCUT2D eigenvalue weighted by Gasteiger charge is 2.29. The molecule has 0 saturated carbocycles. The summed E-state index contributed by atoms with van der Waals surface area (Å²) in [7, 11) is 0. The lowest BCUT2D eigenvalue weighted by Crippen LogP contribution is -2.50. The molecule has 7 nitrogen and oxygen atoms in total. The summed E-state index contributed by atoms with van der Waals surface area (Å²) in [6.45, 7) is 10.9. The minimum absolute atomic E-state index is 0.256. The van der Waals surface area contributed by atoms with Crippen molar-refractivity contribution in [3.8, 4) is 0 Å². The molecular weight excluding hydrogens is 426 g/mol. The molecule has 1 amide bonds. The van der Waals surface area contributed by atoms with E-state index >= 15 is 0 Å². The number of amides is 1. The summed E-state index contributed by atoms with van der Waals surface area (Å²) < 4.78 is 5.52. The summed E-state index contributed by atoms with van der Waals surface area (Å²) in [4.78, 5) is 28.1. The second-order valence-electron chi connectivity index (χ2n) is 9.50. The van der Waals surface area contributed by atoms with E-state index in [1.165, 1.54) is 11.1 Å². The molecule has 0 aliphatic carbocycles. The third kappa shape index (κ3) is 5.70. The van der Waals surface area contributed by atoms with Crippen molar-refractivity contribution in [2.75, 3.05) is 37.6 Å². The number of halogens is 1. The van der Waals surface area contributed by atoms with Crippen LogP contribution in [0.1, 0.15) is 44.0 Å². The Kier molecular flexibility index (Phi) is 6.86. The van der Waals surface area contributed by atoms with Gasteiger partial charge in [-0.1, -0.05) is 30.3 Å². The van der Waals surface area contributed by atoms with Gasteiger partial charge in [-0.3, -0.25) is 4.90 Å². The van der Waals surface area contributed by atoms with Crippen molar-refractivity contribution in [2.24, 2.45) is 0 Å². The monoisotopic (exact) mass is 457 g/mol. The molecule has 2 aliphatic rings. The highest BCUT2D eigenvalue weighted by Crippen LogP contribution is 2.29. The van der Waals surface area contributed by atoms with Gasteiger partial charge in [0, 0.05) is 44.8 Å². The normalized spacial score (nSPS) is 17.6. The average molecular weight is 458 g/mol. The number of anilines is 1. The fourth-order valence-electron chi connectivity index (χ4n) is 4.31. The Morgan fingerprint density at radius 3 is 2.47 bits per heavy atom. The Labute approximate surface area is 195 Å². The zero-order valence-electron chi connectivity index (χ0n) is 19.2. The van der Waals surface area contributed by atoms with Crippen molar-refractivity contribution in [3.63, 3.8) is 0 Å². The molecule has 0 spiro atoms. The Morgan fingerprint density at radius 2 is 1.78 bits per heavy atom. The summed E-state index contributed by atoms with van der Waals surface area (Å²) in [5.41, 5.74) is 3.02. The molecule has 1 fully saturated rings. The standard InChI is InChI=1S/C24H32ClN5O2/c1-24(2,3)32-23(31)30-14-12-29(13-15-30)21-19-10-7-11-28(16-18-8-5-4-6-9-18)17-20(19)26-22(25)27-21/h4-6,8-9H,7,10-17H2,1-3H3. The molecule has 1 aromatic carbocycles. The fourth-order valence-corrected chi connectivity index (χ4v) is 4.49. The first kappa shape index (κ1) is 22.8. The molecule has 172 valence electrons. The van der Waals surface area contributed by atoms with E-state index in [2.05, 4.69) is 44.0 Å². The maximum atomic E-state index is 12.4. The molecule has 8 heteroatoms. The first-order valence-corrected chi connectivity index (χ1v) is 11.7. The molecular formula is C24H32ClN5O2. The van der Waals surface area contributed by atoms with Crippen LogP contribution in [0.25, 0.3) is 0 Å². The molecule has 1 aromatic heterocycles. The maximum absolute atomic E-state index is 12.4. The number of carbonyl (C=O) groups is 1.